The molecule has 192 valence electrons. The molecule has 0 amide bonds. The Hall–Kier alpha value is -5.02. The van der Waals surface area contributed by atoms with Crippen LogP contribution in [-0.2, 0) is 5.41 Å². The lowest BCUT2D eigenvalue weighted by Gasteiger charge is -2.42. The van der Waals surface area contributed by atoms with Gasteiger partial charge >= 0.3 is 0 Å². The average Bonchev–Trinajstić information content (AvgIpc) is 3.02. The highest BCUT2D eigenvalue weighted by Gasteiger charge is 2.36. The second-order valence-electron chi connectivity index (χ2n) is 10.8. The summed E-state index contributed by atoms with van der Waals surface area (Å²) in [5.41, 5.74) is 13.2. The monoisotopic (exact) mass is 515 g/mol. The topological polar surface area (TPSA) is 29.0 Å². The summed E-state index contributed by atoms with van der Waals surface area (Å²) in [6, 6.07) is 41.5. The van der Waals surface area contributed by atoms with E-state index in [1.165, 1.54) is 33.6 Å². The molecule has 6 aromatic rings. The average molecular weight is 516 g/mol. The van der Waals surface area contributed by atoms with Gasteiger partial charge in [-0.25, -0.2) is 0 Å². The van der Waals surface area contributed by atoms with Gasteiger partial charge in [-0.1, -0.05) is 62.4 Å². The van der Waals surface area contributed by atoms with Crippen molar-refractivity contribution in [1.29, 1.82) is 0 Å². The molecule has 2 aromatic heterocycles. The van der Waals surface area contributed by atoms with Crippen LogP contribution in [-0.4, -0.2) is 9.97 Å². The third-order valence-electron chi connectivity index (χ3n) is 8.06. The molecule has 4 aromatic carbocycles. The molecule has 3 heterocycles. The number of fused-ring (bicyclic) bond motifs is 2. The SMILES string of the molecule is CC1(C)c2ccccc2N(c2ccc(-c3cc(-c4ccncc4)cc(-c4ccncc4)c3)cc2)c2ccccc21. The molecule has 0 saturated carbocycles. The van der Waals surface area contributed by atoms with Gasteiger partial charge in [-0.3, -0.25) is 9.97 Å². The summed E-state index contributed by atoms with van der Waals surface area (Å²) in [4.78, 5) is 10.8. The molecule has 0 saturated heterocycles. The van der Waals surface area contributed by atoms with Crippen LogP contribution < -0.4 is 4.90 Å². The first-order valence-electron chi connectivity index (χ1n) is 13.6. The highest BCUT2D eigenvalue weighted by Crippen LogP contribution is 2.51. The van der Waals surface area contributed by atoms with Gasteiger partial charge < -0.3 is 4.90 Å². The van der Waals surface area contributed by atoms with E-state index in [2.05, 4.69) is 144 Å². The van der Waals surface area contributed by atoms with Crippen molar-refractivity contribution in [3.05, 3.63) is 151 Å². The molecule has 0 aliphatic carbocycles. The van der Waals surface area contributed by atoms with Crippen LogP contribution in [0.4, 0.5) is 17.1 Å². The summed E-state index contributed by atoms with van der Waals surface area (Å²) >= 11 is 0. The summed E-state index contributed by atoms with van der Waals surface area (Å²) in [5.74, 6) is 0. The third kappa shape index (κ3) is 4.07. The smallest absolute Gasteiger partial charge is 0.0502 e. The van der Waals surface area contributed by atoms with E-state index in [0.717, 1.165) is 27.9 Å². The second-order valence-corrected chi connectivity index (χ2v) is 10.8. The fraction of sp³-hybridized carbons (Fsp3) is 0.0811. The Kier molecular flexibility index (Phi) is 5.78. The third-order valence-corrected chi connectivity index (χ3v) is 8.06. The number of para-hydroxylation sites is 2. The fourth-order valence-electron chi connectivity index (χ4n) is 5.97. The first-order chi connectivity index (χ1) is 19.6. The molecule has 40 heavy (non-hydrogen) atoms. The van der Waals surface area contributed by atoms with Crippen molar-refractivity contribution in [2.24, 2.45) is 0 Å². The van der Waals surface area contributed by atoms with Crippen LogP contribution in [0.2, 0.25) is 0 Å². The number of aromatic nitrogens is 2. The summed E-state index contributed by atoms with van der Waals surface area (Å²) in [7, 11) is 0. The number of nitrogens with zero attached hydrogens (tertiary/aromatic N) is 3. The minimum atomic E-state index is -0.0691. The minimum absolute atomic E-state index is 0.0691. The first-order valence-corrected chi connectivity index (χ1v) is 13.6. The second kappa shape index (κ2) is 9.62. The normalized spacial score (nSPS) is 13.4. The Morgan fingerprint density at radius 1 is 0.450 bits per heavy atom. The first kappa shape index (κ1) is 24.1. The van der Waals surface area contributed by atoms with Crippen LogP contribution in [0.15, 0.2) is 140 Å². The zero-order valence-corrected chi connectivity index (χ0v) is 22.6. The van der Waals surface area contributed by atoms with Gasteiger partial charge in [0.15, 0.2) is 0 Å². The highest BCUT2D eigenvalue weighted by atomic mass is 15.2. The van der Waals surface area contributed by atoms with E-state index in [9.17, 15) is 0 Å². The van der Waals surface area contributed by atoms with Gasteiger partial charge in [0.2, 0.25) is 0 Å². The van der Waals surface area contributed by atoms with E-state index in [1.54, 1.807) is 0 Å². The van der Waals surface area contributed by atoms with Crippen LogP contribution in [0.1, 0.15) is 25.0 Å². The highest BCUT2D eigenvalue weighted by molar-refractivity contribution is 5.87. The van der Waals surface area contributed by atoms with Crippen LogP contribution in [0.25, 0.3) is 33.4 Å². The molecule has 3 nitrogen and oxygen atoms in total. The molecule has 1 aliphatic rings. The molecule has 0 atom stereocenters. The van der Waals surface area contributed by atoms with E-state index in [0.29, 0.717) is 0 Å². The maximum Gasteiger partial charge on any atom is 0.0502 e. The quantitative estimate of drug-likeness (QED) is 0.234. The molecule has 0 bridgehead atoms. The zero-order valence-electron chi connectivity index (χ0n) is 22.6. The van der Waals surface area contributed by atoms with E-state index in [1.807, 2.05) is 24.8 Å². The van der Waals surface area contributed by atoms with Crippen molar-refractivity contribution in [2.75, 3.05) is 4.90 Å². The molecular weight excluding hydrogens is 486 g/mol. The number of hydrogen-bond donors (Lipinski definition) is 0. The molecule has 7 rings (SSSR count). The molecule has 0 spiro atoms. The summed E-state index contributed by atoms with van der Waals surface area (Å²) in [6.45, 7) is 4.64. The number of rotatable bonds is 4. The van der Waals surface area contributed by atoms with Crippen molar-refractivity contribution < 1.29 is 0 Å². The molecule has 0 N–H and O–H groups in total. The molecule has 0 radical (unpaired) electrons. The molecule has 0 unspecified atom stereocenters. The number of hydrogen-bond acceptors (Lipinski definition) is 3. The lowest BCUT2D eigenvalue weighted by molar-refractivity contribution is 0.632. The van der Waals surface area contributed by atoms with E-state index in [4.69, 9.17) is 0 Å². The van der Waals surface area contributed by atoms with Crippen LogP contribution in [0, 0.1) is 0 Å². The largest absolute Gasteiger partial charge is 0.310 e. The molecule has 1 aliphatic heterocycles. The lowest BCUT2D eigenvalue weighted by Crippen LogP contribution is -2.30. The summed E-state index contributed by atoms with van der Waals surface area (Å²) in [5, 5.41) is 0. The maximum atomic E-state index is 4.21. The lowest BCUT2D eigenvalue weighted by atomic mass is 9.73. The van der Waals surface area contributed by atoms with Crippen LogP contribution >= 0.6 is 0 Å². The predicted molar refractivity (Wildman–Crippen MR) is 165 cm³/mol. The van der Waals surface area contributed by atoms with Crippen LogP contribution in [0.3, 0.4) is 0 Å². The maximum absolute atomic E-state index is 4.21. The van der Waals surface area contributed by atoms with Crippen molar-refractivity contribution >= 4 is 17.1 Å². The van der Waals surface area contributed by atoms with Gasteiger partial charge in [-0.2, -0.15) is 0 Å². The van der Waals surface area contributed by atoms with Gasteiger partial charge in [0.05, 0.1) is 11.4 Å². The Bertz CT molecular complexity index is 1700. The van der Waals surface area contributed by atoms with E-state index in [-0.39, 0.29) is 5.41 Å². The standard InChI is InChI=1S/C37H29N3/c1-37(2)33-7-3-5-9-35(33)40(36-10-6-4-8-34(36)37)32-13-11-26(12-14-32)29-23-30(27-15-19-38-20-16-27)25-31(24-29)28-17-21-39-22-18-28/h3-25H,1-2H3. The molecular formula is C37H29N3. The van der Waals surface area contributed by atoms with E-state index < -0.39 is 0 Å². The van der Waals surface area contributed by atoms with Gasteiger partial charge in [0, 0.05) is 35.9 Å². The van der Waals surface area contributed by atoms with Crippen molar-refractivity contribution in [3.8, 4) is 33.4 Å². The number of pyridine rings is 2. The Labute approximate surface area is 235 Å². The Morgan fingerprint density at radius 2 is 0.850 bits per heavy atom. The zero-order chi connectivity index (χ0) is 27.1. The van der Waals surface area contributed by atoms with Gasteiger partial charge in [-0.15, -0.1) is 0 Å². The summed E-state index contributed by atoms with van der Waals surface area (Å²) in [6.07, 6.45) is 7.38. The molecule has 3 heteroatoms. The summed E-state index contributed by atoms with van der Waals surface area (Å²) < 4.78 is 0. The van der Waals surface area contributed by atoms with Crippen molar-refractivity contribution in [1.82, 2.24) is 9.97 Å². The number of anilines is 3. The van der Waals surface area contributed by atoms with Crippen molar-refractivity contribution in [2.45, 2.75) is 19.3 Å². The predicted octanol–water partition coefficient (Wildman–Crippen LogP) is 9.59. The van der Waals surface area contributed by atoms with Gasteiger partial charge in [-0.05, 0) is 111 Å². The van der Waals surface area contributed by atoms with Crippen LogP contribution in [0.5, 0.6) is 0 Å². The number of benzene rings is 4. The van der Waals surface area contributed by atoms with Gasteiger partial charge in [0.1, 0.15) is 0 Å². The Balaban J connectivity index is 1.34. The molecule has 0 fully saturated rings. The fourth-order valence-corrected chi connectivity index (χ4v) is 5.97. The van der Waals surface area contributed by atoms with Gasteiger partial charge in [0.25, 0.3) is 0 Å². The van der Waals surface area contributed by atoms with Crippen molar-refractivity contribution in [3.63, 3.8) is 0 Å². The minimum Gasteiger partial charge on any atom is -0.310 e. The Morgan fingerprint density at radius 3 is 1.30 bits per heavy atom. The van der Waals surface area contributed by atoms with E-state index >= 15 is 0 Å².